The van der Waals surface area contributed by atoms with Gasteiger partial charge in [0.15, 0.2) is 11.9 Å². The normalized spacial score (nSPS) is 31.2. The molecule has 2 aromatic carbocycles. The van der Waals surface area contributed by atoms with E-state index >= 15 is 9.59 Å². The number of hydrogen-bond donors (Lipinski definition) is 8. The van der Waals surface area contributed by atoms with Crippen LogP contribution in [0.2, 0.25) is 0 Å². The number of nitrogens with zero attached hydrogens (tertiary/aromatic N) is 3. The molecular formula is C60H84N6O15. The summed E-state index contributed by atoms with van der Waals surface area (Å²) in [6.07, 6.45) is 3.76. The number of aliphatic hydroxyl groups is 5. The first-order valence-electron chi connectivity index (χ1n) is 29.0. The summed E-state index contributed by atoms with van der Waals surface area (Å²) in [5, 5.41) is 63.6. The zero-order valence-electron chi connectivity index (χ0n) is 48.0. The number of carbonyl (C=O) groups is 5. The second-order valence-electron chi connectivity index (χ2n) is 23.5. The van der Waals surface area contributed by atoms with Crippen molar-refractivity contribution in [1.29, 1.82) is 0 Å². The molecule has 5 aliphatic heterocycles. The number of methoxy groups -OCH3 is 2. The Bertz CT molecular complexity index is 2860. The fraction of sp³-hybridized carbons (Fsp3) is 0.650. The summed E-state index contributed by atoms with van der Waals surface area (Å²) in [5.74, 6) is -2.79. The zero-order chi connectivity index (χ0) is 58.2. The van der Waals surface area contributed by atoms with Crippen LogP contribution >= 0.6 is 0 Å². The quantitative estimate of drug-likeness (QED) is 0.0236. The van der Waals surface area contributed by atoms with Gasteiger partial charge in [-0.3, -0.25) is 29.0 Å². The largest absolute Gasteiger partial charge is 0.496 e. The van der Waals surface area contributed by atoms with E-state index < -0.39 is 94.4 Å². The lowest BCUT2D eigenvalue weighted by atomic mass is 9.47. The van der Waals surface area contributed by atoms with Crippen LogP contribution in [0.25, 0.3) is 10.9 Å². The van der Waals surface area contributed by atoms with Crippen molar-refractivity contribution in [2.24, 2.45) is 11.3 Å². The molecule has 1 aliphatic carbocycles. The number of carbonyl (C=O) groups excluding carboxylic acids is 5. The fourth-order valence-electron chi connectivity index (χ4n) is 15.3. The van der Waals surface area contributed by atoms with Crippen molar-refractivity contribution in [3.05, 3.63) is 70.9 Å². The van der Waals surface area contributed by atoms with Crippen LogP contribution in [0.3, 0.4) is 0 Å². The lowest BCUT2D eigenvalue weighted by Crippen LogP contribution is -2.81. The Balaban J connectivity index is 0.974. The van der Waals surface area contributed by atoms with Gasteiger partial charge in [-0.05, 0) is 100 Å². The van der Waals surface area contributed by atoms with Crippen molar-refractivity contribution in [1.82, 2.24) is 25.4 Å². The molecule has 13 atom stereocenters. The number of benzene rings is 2. The monoisotopic (exact) mass is 1130 g/mol. The maximum absolute atomic E-state index is 15.5. The molecule has 2 saturated heterocycles. The molecule has 2 amide bonds. The second-order valence-corrected chi connectivity index (χ2v) is 23.5. The number of anilines is 1. The average molecular weight is 1130 g/mol. The Morgan fingerprint density at radius 2 is 1.73 bits per heavy atom. The van der Waals surface area contributed by atoms with Crippen LogP contribution < -0.4 is 20.3 Å². The van der Waals surface area contributed by atoms with Crippen LogP contribution in [0.15, 0.2) is 48.6 Å². The standard InChI is InChI=1S/C60H84N6O15/c1-8-38(81-48(70)33-67)34-80-47(69)19-13-18-46(68)62-36(4)50(71)79-27-15-23-61-54(73)60(76)52-58(22-26-66-24-14-21-57(10-3,51(58)66)53(60)72)41-28-42(45(77-6)29-44(41)64(52)5)59(55(74)78-7)31-37-30-56(75,9-2)35-65(32-37)25-20-40-39-16-11-12-17-43(39)63-49(40)59/h11-12,14,16-17,21,28-29,36-38,48,51-53,63,67,70,72,75-76H,8-10,13,15,18-20,22-27,30-35H2,1-7H3,(H,61,73)(H,62,68)/t36-,37-,38?,48?,51?,52?,53-,56?,57-,58-,59+,60+/m1/s1. The van der Waals surface area contributed by atoms with Gasteiger partial charge in [-0.2, -0.15) is 0 Å². The number of aromatic amines is 1. The molecule has 0 radical (unpaired) electrons. The molecule has 21 nitrogen and oxygen atoms in total. The maximum Gasteiger partial charge on any atom is 0.328 e. The first-order chi connectivity index (χ1) is 38.7. The summed E-state index contributed by atoms with van der Waals surface area (Å²) in [6, 6.07) is 9.60. The van der Waals surface area contributed by atoms with Gasteiger partial charge in [0.1, 0.15) is 29.9 Å². The molecular weight excluding hydrogens is 1040 g/mol. The van der Waals surface area contributed by atoms with Gasteiger partial charge in [0.05, 0.1) is 45.2 Å². The van der Waals surface area contributed by atoms with Crippen LogP contribution in [-0.4, -0.2) is 198 Å². The van der Waals surface area contributed by atoms with Gasteiger partial charge in [-0.25, -0.2) is 4.79 Å². The molecule has 1 spiro atoms. The van der Waals surface area contributed by atoms with Crippen LogP contribution in [0, 0.1) is 11.3 Å². The van der Waals surface area contributed by atoms with Crippen LogP contribution in [0.1, 0.15) is 114 Å². The van der Waals surface area contributed by atoms with Gasteiger partial charge in [0.25, 0.3) is 5.91 Å². The minimum absolute atomic E-state index is 0.0375. The number of rotatable bonds is 22. The summed E-state index contributed by atoms with van der Waals surface area (Å²) < 4.78 is 28.3. The molecule has 3 fully saturated rings. The van der Waals surface area contributed by atoms with Crippen molar-refractivity contribution in [2.45, 2.75) is 157 Å². The highest BCUT2D eigenvalue weighted by molar-refractivity contribution is 5.95. The number of piperidine rings is 1. The van der Waals surface area contributed by atoms with E-state index in [2.05, 4.69) is 37.6 Å². The Labute approximate surface area is 473 Å². The molecule has 6 unspecified atom stereocenters. The highest BCUT2D eigenvalue weighted by atomic mass is 16.6. The summed E-state index contributed by atoms with van der Waals surface area (Å²) in [5.41, 5.74) is -2.36. The molecule has 8 N–H and O–H groups in total. The summed E-state index contributed by atoms with van der Waals surface area (Å²) in [7, 11) is 4.82. The predicted molar refractivity (Wildman–Crippen MR) is 298 cm³/mol. The van der Waals surface area contributed by atoms with E-state index in [-0.39, 0.29) is 63.8 Å². The highest BCUT2D eigenvalue weighted by Crippen LogP contribution is 2.67. The summed E-state index contributed by atoms with van der Waals surface area (Å²) in [4.78, 5) is 79.0. The van der Waals surface area contributed by atoms with Crippen LogP contribution in [-0.2, 0) is 60.2 Å². The molecule has 81 heavy (non-hydrogen) atoms. The van der Waals surface area contributed by atoms with E-state index in [1.165, 1.54) is 14.0 Å². The van der Waals surface area contributed by atoms with E-state index in [9.17, 15) is 34.8 Å². The number of hydrogen-bond acceptors (Lipinski definition) is 18. The number of likely N-dealkylation sites (N-methyl/N-ethyl adjacent to an activating group) is 1. The molecule has 6 aliphatic rings. The molecule has 2 bridgehead atoms. The lowest BCUT2D eigenvalue weighted by Gasteiger charge is -2.63. The number of H-pyrrole nitrogens is 1. The number of aliphatic hydroxyl groups excluding tert-OH is 3. The first kappa shape index (κ1) is 60.0. The third-order valence-corrected chi connectivity index (χ3v) is 19.0. The molecule has 1 saturated carbocycles. The average Bonchev–Trinajstić information content (AvgIpc) is 4.08. The van der Waals surface area contributed by atoms with Crippen molar-refractivity contribution < 1.29 is 73.2 Å². The second kappa shape index (κ2) is 23.9. The number of para-hydroxylation sites is 1. The Hall–Kier alpha value is -5.65. The minimum atomic E-state index is -2.42. The smallest absolute Gasteiger partial charge is 0.328 e. The van der Waals surface area contributed by atoms with E-state index in [1.807, 2.05) is 62.2 Å². The Kier molecular flexibility index (Phi) is 17.7. The number of fused-ring (bicyclic) bond motifs is 6. The molecule has 1 aromatic heterocycles. The van der Waals surface area contributed by atoms with E-state index in [4.69, 9.17) is 28.8 Å². The lowest BCUT2D eigenvalue weighted by molar-refractivity contribution is -0.203. The van der Waals surface area contributed by atoms with Crippen molar-refractivity contribution in [3.8, 4) is 5.75 Å². The molecule has 9 rings (SSSR count). The summed E-state index contributed by atoms with van der Waals surface area (Å²) in [6.45, 7) is 9.36. The molecule has 21 heteroatoms. The number of aromatic nitrogens is 1. The number of ether oxygens (including phenoxy) is 5. The van der Waals surface area contributed by atoms with Crippen molar-refractivity contribution >= 4 is 46.3 Å². The van der Waals surface area contributed by atoms with Crippen molar-refractivity contribution in [3.63, 3.8) is 0 Å². The minimum Gasteiger partial charge on any atom is -0.496 e. The van der Waals surface area contributed by atoms with E-state index in [0.717, 1.165) is 22.0 Å². The van der Waals surface area contributed by atoms with Gasteiger partial charge >= 0.3 is 17.9 Å². The topological polar surface area (TPSA) is 282 Å². The number of nitrogens with one attached hydrogen (secondary N) is 3. The molecule has 6 heterocycles. The summed E-state index contributed by atoms with van der Waals surface area (Å²) >= 11 is 0. The van der Waals surface area contributed by atoms with Gasteiger partial charge in [0.2, 0.25) is 5.91 Å². The SMILES string of the molecule is CCC(COC(=O)CCCC(=O)N[C@H](C)C(=O)OCCCNC(=O)[C@]1(O)C2N(C)c3cc(OC)c([C@@]4(C(=O)OC)C[C@@H]5CN(CCc6c4[nH]c4ccccc64)CC(O)(CC)C5)cc3[C@@]23CCN2CC=C[C@](CC)(C23)[C@H]1O)OC(O)CO. The molecule has 444 valence electrons. The van der Waals surface area contributed by atoms with E-state index in [0.29, 0.717) is 93.9 Å². The Morgan fingerprint density at radius 1 is 0.951 bits per heavy atom. The van der Waals surface area contributed by atoms with E-state index in [1.54, 1.807) is 14.0 Å². The van der Waals surface area contributed by atoms with Gasteiger partial charge in [-0.15, -0.1) is 0 Å². The van der Waals surface area contributed by atoms with Crippen molar-refractivity contribution in [2.75, 3.05) is 85.3 Å². The van der Waals surface area contributed by atoms with Crippen LogP contribution in [0.4, 0.5) is 5.69 Å². The maximum atomic E-state index is 15.5. The van der Waals surface area contributed by atoms with Gasteiger partial charge in [0, 0.05) is 103 Å². The Morgan fingerprint density at radius 3 is 2.44 bits per heavy atom. The third kappa shape index (κ3) is 10.4. The van der Waals surface area contributed by atoms with Gasteiger partial charge in [-0.1, -0.05) is 51.1 Å². The first-order valence-corrected chi connectivity index (χ1v) is 29.0. The fourth-order valence-corrected chi connectivity index (χ4v) is 15.3. The third-order valence-electron chi connectivity index (χ3n) is 19.0. The number of esters is 3. The highest BCUT2D eigenvalue weighted by Gasteiger charge is 2.78. The van der Waals surface area contributed by atoms with Gasteiger partial charge < -0.3 is 69.7 Å². The number of amides is 2. The zero-order valence-corrected chi connectivity index (χ0v) is 48.0. The molecule has 3 aromatic rings. The predicted octanol–water partition coefficient (Wildman–Crippen LogP) is 2.62. The van der Waals surface area contributed by atoms with Crippen LogP contribution in [0.5, 0.6) is 5.75 Å².